The molecule has 2 aliphatic heterocycles. The number of nitrogens with one attached hydrogen (secondary N) is 1. The summed E-state index contributed by atoms with van der Waals surface area (Å²) in [6.07, 6.45) is 8.24. The number of rotatable bonds is 6. The molecule has 0 amide bonds. The Morgan fingerprint density at radius 3 is 3.05 bits per heavy atom. The van der Waals surface area contributed by atoms with Crippen LogP contribution in [0.4, 0.5) is 0 Å². The van der Waals surface area contributed by atoms with Gasteiger partial charge in [-0.05, 0) is 31.4 Å². The average Bonchev–Trinajstić information content (AvgIpc) is 2.50. The van der Waals surface area contributed by atoms with Crippen LogP contribution in [0.1, 0.15) is 25.7 Å². The third kappa shape index (κ3) is 5.03. The van der Waals surface area contributed by atoms with E-state index in [0.717, 1.165) is 24.3 Å². The molecule has 0 aromatic rings. The van der Waals surface area contributed by atoms with Crippen molar-refractivity contribution < 1.29 is 20.2 Å². The summed E-state index contributed by atoms with van der Waals surface area (Å²) in [5, 5.41) is 32.2. The molecule has 2 atom stereocenters. The highest BCUT2D eigenvalue weighted by Crippen LogP contribution is 2.29. The number of allylic oxidation sites excluding steroid dienone is 2. The lowest BCUT2D eigenvalue weighted by Gasteiger charge is -2.25. The fourth-order valence-electron chi connectivity index (χ4n) is 2.05. The molecule has 0 spiro atoms. The largest absolute Gasteiger partial charge is 0.623 e. The van der Waals surface area contributed by atoms with Crippen LogP contribution >= 0.6 is 21.6 Å². The van der Waals surface area contributed by atoms with Crippen molar-refractivity contribution in [3.63, 3.8) is 0 Å². The van der Waals surface area contributed by atoms with E-state index < -0.39 is 12.0 Å². The number of quaternary nitrogens is 1. The van der Waals surface area contributed by atoms with Crippen LogP contribution < -0.4 is 5.06 Å². The number of carboxylic acids is 1. The number of hydrogen-bond acceptors (Lipinski definition) is 6. The molecule has 0 aromatic carbocycles. The normalized spacial score (nSPS) is 25.2. The predicted octanol–water partition coefficient (Wildman–Crippen LogP) is 1.24. The minimum Gasteiger partial charge on any atom is -0.623 e. The maximum absolute atomic E-state index is 11.6. The first-order valence-electron chi connectivity index (χ1n) is 7.04. The smallest absolute Gasteiger partial charge is 0.329 e. The zero-order chi connectivity index (χ0) is 15.9. The molecule has 1 unspecified atom stereocenters. The number of nitrogens with zero attached hydrogens (tertiary/aromatic N) is 2. The van der Waals surface area contributed by atoms with Gasteiger partial charge in [0, 0.05) is 29.5 Å². The van der Waals surface area contributed by atoms with Gasteiger partial charge in [0.15, 0.2) is 11.1 Å². The third-order valence-electron chi connectivity index (χ3n) is 3.23. The molecule has 2 heterocycles. The lowest BCUT2D eigenvalue weighted by atomic mass is 10.1. The van der Waals surface area contributed by atoms with E-state index in [9.17, 15) is 20.3 Å². The predicted molar refractivity (Wildman–Crippen MR) is 87.4 cm³/mol. The van der Waals surface area contributed by atoms with Crippen LogP contribution in [-0.2, 0) is 4.79 Å². The first kappa shape index (κ1) is 17.4. The van der Waals surface area contributed by atoms with Crippen LogP contribution in [0.3, 0.4) is 0 Å². The van der Waals surface area contributed by atoms with Crippen LogP contribution in [0.25, 0.3) is 0 Å². The summed E-state index contributed by atoms with van der Waals surface area (Å²) in [6, 6.07) is -0.921. The quantitative estimate of drug-likeness (QED) is 0.492. The molecule has 2 rings (SSSR count). The van der Waals surface area contributed by atoms with E-state index >= 15 is 0 Å². The lowest BCUT2D eigenvalue weighted by molar-refractivity contribution is -0.737. The first-order valence-corrected chi connectivity index (χ1v) is 9.36. The van der Waals surface area contributed by atoms with Crippen molar-refractivity contribution >= 4 is 33.4 Å². The van der Waals surface area contributed by atoms with Gasteiger partial charge in [-0.1, -0.05) is 10.8 Å². The fraction of sp³-hybridized carbons (Fsp3) is 0.538. The van der Waals surface area contributed by atoms with Crippen molar-refractivity contribution in [2.45, 2.75) is 31.7 Å². The number of amidine groups is 1. The molecular weight excluding hydrogens is 326 g/mol. The van der Waals surface area contributed by atoms with E-state index in [0.29, 0.717) is 23.8 Å². The number of aliphatic imine (C=N–C) groups is 1. The number of hydroxylamine groups is 4. The summed E-state index contributed by atoms with van der Waals surface area (Å²) < 4.78 is 0. The first-order chi connectivity index (χ1) is 10.6. The molecule has 122 valence electrons. The van der Waals surface area contributed by atoms with Crippen LogP contribution in [0.15, 0.2) is 28.4 Å². The van der Waals surface area contributed by atoms with Crippen molar-refractivity contribution in [1.29, 1.82) is 0 Å². The Hall–Kier alpha value is -1.00. The third-order valence-corrected chi connectivity index (χ3v) is 5.65. The molecule has 0 aromatic heterocycles. The van der Waals surface area contributed by atoms with Gasteiger partial charge < -0.3 is 15.4 Å². The fourth-order valence-corrected chi connectivity index (χ4v) is 4.33. The maximum atomic E-state index is 11.6. The molecule has 3 N–H and O–H groups in total. The second-order valence-electron chi connectivity index (χ2n) is 4.92. The standard InChI is InChI=1S/C13H19N3O4S2/c17-13(18)10(14-11-5-1-3-7-15(11)19)9-21-22-12-6-2-4-8-16(12)20/h4,6,8,10,16,19H,1-3,5,7,9H2,(H,17,18)/t10-/m0/s1. The summed E-state index contributed by atoms with van der Waals surface area (Å²) in [5.41, 5.74) is 0. The molecular formula is C13H19N3O4S2. The molecule has 22 heavy (non-hydrogen) atoms. The molecule has 7 nitrogen and oxygen atoms in total. The molecule has 9 heteroatoms. The molecule has 2 aliphatic rings. The Morgan fingerprint density at radius 1 is 1.55 bits per heavy atom. The van der Waals surface area contributed by atoms with Gasteiger partial charge in [-0.25, -0.2) is 9.86 Å². The zero-order valence-electron chi connectivity index (χ0n) is 12.0. The second-order valence-corrected chi connectivity index (χ2v) is 7.30. The Morgan fingerprint density at radius 2 is 2.36 bits per heavy atom. The molecule has 0 radical (unpaired) electrons. The summed E-state index contributed by atoms with van der Waals surface area (Å²) in [4.78, 5) is 15.5. The van der Waals surface area contributed by atoms with E-state index in [2.05, 4.69) is 4.99 Å². The SMILES string of the molecule is O=C(O)[C@H](CSSC1=CCC=C[NH+]1[O-])N=C1CCCCN1O. The van der Waals surface area contributed by atoms with Crippen LogP contribution in [-0.4, -0.2) is 45.5 Å². The number of carbonyl (C=O) groups is 1. The van der Waals surface area contributed by atoms with Crippen molar-refractivity contribution in [3.8, 4) is 0 Å². The van der Waals surface area contributed by atoms with E-state index in [1.807, 2.05) is 6.08 Å². The van der Waals surface area contributed by atoms with Gasteiger partial charge in [0.2, 0.25) is 0 Å². The van der Waals surface area contributed by atoms with Gasteiger partial charge in [0.25, 0.3) is 0 Å². The van der Waals surface area contributed by atoms with E-state index in [1.54, 1.807) is 6.08 Å². The van der Waals surface area contributed by atoms with Gasteiger partial charge in [-0.2, -0.15) is 0 Å². The minimum absolute atomic E-state index is 0.0456. The summed E-state index contributed by atoms with van der Waals surface area (Å²) >= 11 is 0. The van der Waals surface area contributed by atoms with Crippen LogP contribution in [0.2, 0.25) is 0 Å². The molecule has 0 aliphatic carbocycles. The number of piperidine rings is 1. The number of aliphatic carboxylic acids is 1. The summed E-state index contributed by atoms with van der Waals surface area (Å²) in [5.74, 6) is -0.352. The lowest BCUT2D eigenvalue weighted by Crippen LogP contribution is -3.00. The minimum atomic E-state index is -1.02. The van der Waals surface area contributed by atoms with Crippen molar-refractivity contribution in [1.82, 2.24) is 5.06 Å². The van der Waals surface area contributed by atoms with E-state index in [-0.39, 0.29) is 10.8 Å². The van der Waals surface area contributed by atoms with Crippen molar-refractivity contribution in [3.05, 3.63) is 28.6 Å². The van der Waals surface area contributed by atoms with Crippen molar-refractivity contribution in [2.75, 3.05) is 12.3 Å². The van der Waals surface area contributed by atoms with Gasteiger partial charge in [0.1, 0.15) is 5.84 Å². The Balaban J connectivity index is 1.88. The highest BCUT2D eigenvalue weighted by atomic mass is 33.1. The van der Waals surface area contributed by atoms with Crippen LogP contribution in [0, 0.1) is 5.21 Å². The van der Waals surface area contributed by atoms with Gasteiger partial charge >= 0.3 is 5.97 Å². The monoisotopic (exact) mass is 345 g/mol. The average molecular weight is 345 g/mol. The highest BCUT2D eigenvalue weighted by molar-refractivity contribution is 8.78. The topological polar surface area (TPSA) is 101 Å². The van der Waals surface area contributed by atoms with E-state index in [1.165, 1.54) is 27.8 Å². The molecule has 0 saturated carbocycles. The molecule has 0 bridgehead atoms. The van der Waals surface area contributed by atoms with E-state index in [4.69, 9.17) is 0 Å². The molecule has 1 fully saturated rings. The number of carboxylic acid groups (broad SMARTS) is 1. The Labute approximate surface area is 136 Å². The highest BCUT2D eigenvalue weighted by Gasteiger charge is 2.22. The van der Waals surface area contributed by atoms with Gasteiger partial charge in [-0.15, -0.1) is 0 Å². The summed E-state index contributed by atoms with van der Waals surface area (Å²) in [7, 11) is 2.58. The maximum Gasteiger partial charge on any atom is 0.329 e. The van der Waals surface area contributed by atoms with Crippen molar-refractivity contribution in [2.24, 2.45) is 4.99 Å². The van der Waals surface area contributed by atoms with Gasteiger partial charge in [0.05, 0.1) is 6.20 Å². The van der Waals surface area contributed by atoms with Crippen LogP contribution in [0.5, 0.6) is 0 Å². The number of hydrogen-bond donors (Lipinski definition) is 3. The Bertz CT molecular complexity index is 496. The summed E-state index contributed by atoms with van der Waals surface area (Å²) in [6.45, 7) is 0.487. The second kappa shape index (κ2) is 8.59. The Kier molecular flexibility index (Phi) is 6.77. The molecule has 1 saturated heterocycles. The van der Waals surface area contributed by atoms with Gasteiger partial charge in [-0.3, -0.25) is 10.2 Å². The zero-order valence-corrected chi connectivity index (χ0v) is 13.6.